The van der Waals surface area contributed by atoms with Gasteiger partial charge in [0.15, 0.2) is 0 Å². The molecule has 1 aliphatic heterocycles. The first kappa shape index (κ1) is 17.5. The van der Waals surface area contributed by atoms with Crippen molar-refractivity contribution in [2.45, 2.75) is 32.4 Å². The lowest BCUT2D eigenvalue weighted by Gasteiger charge is -2.40. The van der Waals surface area contributed by atoms with E-state index in [1.807, 2.05) is 17.0 Å². The van der Waals surface area contributed by atoms with Gasteiger partial charge in [-0.3, -0.25) is 4.90 Å². The summed E-state index contributed by atoms with van der Waals surface area (Å²) in [7, 11) is 0. The molecule has 8 heteroatoms. The van der Waals surface area contributed by atoms with E-state index in [1.165, 1.54) is 4.90 Å². The molecule has 0 spiro atoms. The molecule has 23 heavy (non-hydrogen) atoms. The molecule has 1 N–H and O–H groups in total. The summed E-state index contributed by atoms with van der Waals surface area (Å²) >= 11 is 3.30. The third-order valence-corrected chi connectivity index (χ3v) is 3.76. The number of aromatic nitrogens is 1. The number of hydrogen-bond acceptors (Lipinski definition) is 5. The fourth-order valence-corrected chi connectivity index (χ4v) is 2.65. The first-order chi connectivity index (χ1) is 10.7. The van der Waals surface area contributed by atoms with Crippen molar-refractivity contribution in [3.8, 4) is 0 Å². The smallest absolute Gasteiger partial charge is 0.411 e. The van der Waals surface area contributed by atoms with Crippen molar-refractivity contribution >= 4 is 33.8 Å². The number of amides is 1. The number of aliphatic carboxylic acids is 1. The van der Waals surface area contributed by atoms with Crippen LogP contribution in [0.5, 0.6) is 0 Å². The summed E-state index contributed by atoms with van der Waals surface area (Å²) in [5.41, 5.74) is -0.664. The Hall–Kier alpha value is -1.83. The van der Waals surface area contributed by atoms with Crippen LogP contribution in [-0.4, -0.2) is 58.3 Å². The zero-order chi connectivity index (χ0) is 17.2. The number of rotatable bonds is 2. The molecular formula is C15H20BrN3O4. The molecule has 0 aliphatic carbocycles. The van der Waals surface area contributed by atoms with Crippen molar-refractivity contribution in [3.63, 3.8) is 0 Å². The van der Waals surface area contributed by atoms with E-state index >= 15 is 0 Å². The molecule has 1 unspecified atom stereocenters. The van der Waals surface area contributed by atoms with Gasteiger partial charge in [0.2, 0.25) is 0 Å². The summed E-state index contributed by atoms with van der Waals surface area (Å²) in [6, 6.07) is 4.48. The Labute approximate surface area is 143 Å². The van der Waals surface area contributed by atoms with Gasteiger partial charge in [0.25, 0.3) is 0 Å². The molecule has 1 fully saturated rings. The van der Waals surface area contributed by atoms with Gasteiger partial charge < -0.3 is 14.7 Å². The van der Waals surface area contributed by atoms with Crippen molar-refractivity contribution in [2.24, 2.45) is 0 Å². The largest absolute Gasteiger partial charge is 0.480 e. The van der Waals surface area contributed by atoms with E-state index in [4.69, 9.17) is 4.74 Å². The number of piperazine rings is 1. The van der Waals surface area contributed by atoms with Crippen LogP contribution in [0.2, 0.25) is 0 Å². The first-order valence-corrected chi connectivity index (χ1v) is 8.06. The Morgan fingerprint density at radius 1 is 1.35 bits per heavy atom. The first-order valence-electron chi connectivity index (χ1n) is 7.27. The Balaban J connectivity index is 2.15. The summed E-state index contributed by atoms with van der Waals surface area (Å²) < 4.78 is 5.98. The molecule has 0 radical (unpaired) electrons. The van der Waals surface area contributed by atoms with E-state index in [1.54, 1.807) is 26.8 Å². The summed E-state index contributed by atoms with van der Waals surface area (Å²) in [6.45, 7) is 6.18. The monoisotopic (exact) mass is 385 g/mol. The van der Waals surface area contributed by atoms with Crippen LogP contribution >= 0.6 is 15.9 Å². The third-order valence-electron chi connectivity index (χ3n) is 3.32. The SMILES string of the molecule is CC(C)(C)OC(=O)N1CCN(c2cccc(Br)n2)CC1C(=O)O. The number of carbonyl (C=O) groups is 2. The molecule has 1 saturated heterocycles. The van der Waals surface area contributed by atoms with Crippen LogP contribution in [0.3, 0.4) is 0 Å². The van der Waals surface area contributed by atoms with E-state index in [-0.39, 0.29) is 13.1 Å². The maximum Gasteiger partial charge on any atom is 0.411 e. The molecule has 2 rings (SSSR count). The maximum atomic E-state index is 12.2. The molecule has 126 valence electrons. The van der Waals surface area contributed by atoms with Crippen LogP contribution in [0, 0.1) is 0 Å². The predicted molar refractivity (Wildman–Crippen MR) is 88.5 cm³/mol. The van der Waals surface area contributed by atoms with E-state index < -0.39 is 23.7 Å². The Morgan fingerprint density at radius 3 is 2.61 bits per heavy atom. The Kier molecular flexibility index (Phi) is 5.13. The molecule has 2 heterocycles. The van der Waals surface area contributed by atoms with Crippen LogP contribution in [-0.2, 0) is 9.53 Å². The lowest BCUT2D eigenvalue weighted by molar-refractivity contribution is -0.143. The van der Waals surface area contributed by atoms with Gasteiger partial charge in [-0.2, -0.15) is 0 Å². The lowest BCUT2D eigenvalue weighted by Crippen LogP contribution is -2.59. The van der Waals surface area contributed by atoms with Crippen molar-refractivity contribution in [2.75, 3.05) is 24.5 Å². The number of halogens is 1. The zero-order valence-corrected chi connectivity index (χ0v) is 14.9. The zero-order valence-electron chi connectivity index (χ0n) is 13.3. The van der Waals surface area contributed by atoms with Gasteiger partial charge in [-0.15, -0.1) is 0 Å². The Morgan fingerprint density at radius 2 is 2.04 bits per heavy atom. The van der Waals surface area contributed by atoms with Crippen molar-refractivity contribution in [1.82, 2.24) is 9.88 Å². The van der Waals surface area contributed by atoms with Crippen molar-refractivity contribution in [1.29, 1.82) is 0 Å². The fourth-order valence-electron chi connectivity index (χ4n) is 2.32. The number of carbonyl (C=O) groups excluding carboxylic acids is 1. The second-order valence-corrected chi connectivity index (χ2v) is 7.10. The molecular weight excluding hydrogens is 366 g/mol. The Bertz CT molecular complexity index is 603. The number of hydrogen-bond donors (Lipinski definition) is 1. The minimum Gasteiger partial charge on any atom is -0.480 e. The molecule has 1 atom stereocenters. The molecule has 7 nitrogen and oxygen atoms in total. The highest BCUT2D eigenvalue weighted by Crippen LogP contribution is 2.21. The molecule has 1 aromatic rings. The fraction of sp³-hybridized carbons (Fsp3) is 0.533. The van der Waals surface area contributed by atoms with Crippen LogP contribution in [0.15, 0.2) is 22.8 Å². The van der Waals surface area contributed by atoms with Gasteiger partial charge in [-0.05, 0) is 48.8 Å². The highest BCUT2D eigenvalue weighted by atomic mass is 79.9. The van der Waals surface area contributed by atoms with Crippen LogP contribution in [0.25, 0.3) is 0 Å². The van der Waals surface area contributed by atoms with Crippen LogP contribution < -0.4 is 4.90 Å². The quantitative estimate of drug-likeness (QED) is 0.786. The number of pyridine rings is 1. The minimum absolute atomic E-state index is 0.165. The van der Waals surface area contributed by atoms with Gasteiger partial charge in [0.1, 0.15) is 22.1 Å². The summed E-state index contributed by atoms with van der Waals surface area (Å²) in [4.78, 5) is 31.2. The maximum absolute atomic E-state index is 12.2. The number of nitrogens with zero attached hydrogens (tertiary/aromatic N) is 3. The minimum atomic E-state index is -1.06. The van der Waals surface area contributed by atoms with E-state index in [0.717, 1.165) is 0 Å². The lowest BCUT2D eigenvalue weighted by atomic mass is 10.1. The molecule has 0 aromatic carbocycles. The second-order valence-electron chi connectivity index (χ2n) is 6.29. The normalized spacial score (nSPS) is 18.7. The van der Waals surface area contributed by atoms with Crippen LogP contribution in [0.1, 0.15) is 20.8 Å². The number of carboxylic acid groups (broad SMARTS) is 1. The van der Waals surface area contributed by atoms with Gasteiger partial charge >= 0.3 is 12.1 Å². The topological polar surface area (TPSA) is 83.0 Å². The number of ether oxygens (including phenoxy) is 1. The predicted octanol–water partition coefficient (Wildman–Crippen LogP) is 2.35. The number of carboxylic acids is 1. The number of anilines is 1. The summed E-state index contributed by atoms with van der Waals surface area (Å²) in [5.74, 6) is -0.384. The van der Waals surface area contributed by atoms with Gasteiger partial charge in [0, 0.05) is 13.1 Å². The van der Waals surface area contributed by atoms with E-state index in [2.05, 4.69) is 20.9 Å². The average Bonchev–Trinajstić information content (AvgIpc) is 2.44. The molecule has 0 bridgehead atoms. The average molecular weight is 386 g/mol. The molecule has 1 aliphatic rings. The third kappa shape index (κ3) is 4.57. The van der Waals surface area contributed by atoms with Gasteiger partial charge in [-0.25, -0.2) is 14.6 Å². The summed E-state index contributed by atoms with van der Waals surface area (Å²) in [6.07, 6.45) is -0.605. The highest BCUT2D eigenvalue weighted by molar-refractivity contribution is 9.10. The van der Waals surface area contributed by atoms with E-state index in [9.17, 15) is 14.7 Å². The van der Waals surface area contributed by atoms with Gasteiger partial charge in [-0.1, -0.05) is 6.07 Å². The molecule has 1 aromatic heterocycles. The molecule has 0 saturated carbocycles. The van der Waals surface area contributed by atoms with Gasteiger partial charge in [0.05, 0.1) is 6.54 Å². The molecule has 1 amide bonds. The standard InChI is InChI=1S/C15H20BrN3O4/c1-15(2,3)23-14(22)19-8-7-18(9-10(19)13(20)21)12-6-4-5-11(16)17-12/h4-6,10H,7-9H2,1-3H3,(H,20,21). The van der Waals surface area contributed by atoms with Crippen molar-refractivity contribution in [3.05, 3.63) is 22.8 Å². The van der Waals surface area contributed by atoms with Crippen molar-refractivity contribution < 1.29 is 19.4 Å². The summed E-state index contributed by atoms with van der Waals surface area (Å²) in [5, 5.41) is 9.47. The van der Waals surface area contributed by atoms with Crippen LogP contribution in [0.4, 0.5) is 10.6 Å². The highest BCUT2D eigenvalue weighted by Gasteiger charge is 2.37. The van der Waals surface area contributed by atoms with E-state index in [0.29, 0.717) is 17.0 Å². The second kappa shape index (κ2) is 6.74.